The number of nitrogens with one attached hydrogen (secondary N) is 1. The van der Waals surface area contributed by atoms with Gasteiger partial charge in [-0.25, -0.2) is 10.6 Å². The van der Waals surface area contributed by atoms with Crippen molar-refractivity contribution in [3.8, 4) is 0 Å². The van der Waals surface area contributed by atoms with Crippen LogP contribution in [0.2, 0.25) is 0 Å². The van der Waals surface area contributed by atoms with Gasteiger partial charge in [0, 0.05) is 19.2 Å². The first-order valence-corrected chi connectivity index (χ1v) is 5.94. The Kier molecular flexibility index (Phi) is 3.33. The van der Waals surface area contributed by atoms with Crippen molar-refractivity contribution in [2.75, 3.05) is 12.1 Å². The van der Waals surface area contributed by atoms with Gasteiger partial charge in [-0.05, 0) is 12.8 Å². The van der Waals surface area contributed by atoms with Crippen LogP contribution in [0.3, 0.4) is 0 Å². The highest BCUT2D eigenvalue weighted by Crippen LogP contribution is 2.25. The van der Waals surface area contributed by atoms with E-state index >= 15 is 0 Å². The van der Waals surface area contributed by atoms with Crippen molar-refractivity contribution in [2.24, 2.45) is 5.84 Å². The Balaban J connectivity index is 2.41. The molecule has 0 saturated heterocycles. The van der Waals surface area contributed by atoms with Crippen LogP contribution in [0.25, 0.3) is 0 Å². The zero-order chi connectivity index (χ0) is 12.4. The number of hydrazine groups is 1. The van der Waals surface area contributed by atoms with Crippen LogP contribution in [0.4, 0.5) is 5.82 Å². The van der Waals surface area contributed by atoms with Crippen molar-refractivity contribution in [1.82, 2.24) is 9.55 Å². The molecule has 1 aromatic rings. The van der Waals surface area contributed by atoms with Crippen molar-refractivity contribution >= 4 is 5.82 Å². The lowest BCUT2D eigenvalue weighted by Gasteiger charge is -2.23. The molecule has 0 bridgehead atoms. The highest BCUT2D eigenvalue weighted by atomic mass is 16.2. The molecule has 0 aromatic carbocycles. The monoisotopic (exact) mass is 238 g/mol. The Labute approximate surface area is 99.0 Å². The van der Waals surface area contributed by atoms with E-state index in [4.69, 9.17) is 5.84 Å². The first-order chi connectivity index (χ1) is 8.09. The third-order valence-corrected chi connectivity index (χ3v) is 3.27. The van der Waals surface area contributed by atoms with Crippen LogP contribution in [0.1, 0.15) is 38.1 Å². The molecule has 2 rings (SSSR count). The fourth-order valence-corrected chi connectivity index (χ4v) is 2.37. The maximum Gasteiger partial charge on any atom is 0.330 e. The summed E-state index contributed by atoms with van der Waals surface area (Å²) in [4.78, 5) is 26.4. The van der Waals surface area contributed by atoms with E-state index in [1.54, 1.807) is 7.05 Å². The Morgan fingerprint density at radius 2 is 2.00 bits per heavy atom. The SMILES string of the molecule is CN(N)c1cc(=O)n(C2CCCCC2)c(=O)[nH]1. The average Bonchev–Trinajstić information content (AvgIpc) is 2.29. The lowest BCUT2D eigenvalue weighted by molar-refractivity contribution is 0.336. The van der Waals surface area contributed by atoms with Gasteiger partial charge in [0.2, 0.25) is 0 Å². The summed E-state index contributed by atoms with van der Waals surface area (Å²) in [5, 5.41) is 1.23. The van der Waals surface area contributed by atoms with Crippen LogP contribution in [0.5, 0.6) is 0 Å². The lowest BCUT2D eigenvalue weighted by atomic mass is 9.95. The highest BCUT2D eigenvalue weighted by Gasteiger charge is 2.19. The van der Waals surface area contributed by atoms with E-state index < -0.39 is 0 Å². The van der Waals surface area contributed by atoms with Crippen LogP contribution in [0.15, 0.2) is 15.7 Å². The molecule has 94 valence electrons. The largest absolute Gasteiger partial charge is 0.330 e. The molecule has 0 spiro atoms. The van der Waals surface area contributed by atoms with Gasteiger partial charge in [0.1, 0.15) is 5.82 Å². The number of nitrogens with zero attached hydrogens (tertiary/aromatic N) is 2. The van der Waals surface area contributed by atoms with Crippen molar-refractivity contribution < 1.29 is 0 Å². The summed E-state index contributed by atoms with van der Waals surface area (Å²) in [6, 6.07) is 1.41. The minimum atomic E-state index is -0.364. The fourth-order valence-electron chi connectivity index (χ4n) is 2.37. The summed E-state index contributed by atoms with van der Waals surface area (Å²) in [7, 11) is 1.58. The maximum absolute atomic E-state index is 11.9. The Morgan fingerprint density at radius 1 is 1.35 bits per heavy atom. The molecule has 6 heteroatoms. The van der Waals surface area contributed by atoms with E-state index in [0.717, 1.165) is 25.7 Å². The smallest absolute Gasteiger partial charge is 0.299 e. The molecule has 3 N–H and O–H groups in total. The van der Waals surface area contributed by atoms with Crippen LogP contribution < -0.4 is 22.1 Å². The topological polar surface area (TPSA) is 84.1 Å². The molecule has 0 aliphatic heterocycles. The standard InChI is InChI=1S/C11H18N4O2/c1-14(12)9-7-10(16)15(11(17)13-9)8-5-3-2-4-6-8/h7-8H,2-6,12H2,1H3,(H,13,17). The first-order valence-electron chi connectivity index (χ1n) is 5.94. The molecule has 0 amide bonds. The first kappa shape index (κ1) is 11.9. The highest BCUT2D eigenvalue weighted by molar-refractivity contribution is 5.32. The predicted octanol–water partition coefficient (Wildman–Crippen LogP) is 0.352. The van der Waals surface area contributed by atoms with Crippen molar-refractivity contribution in [3.05, 3.63) is 26.9 Å². The molecule has 0 radical (unpaired) electrons. The van der Waals surface area contributed by atoms with E-state index in [2.05, 4.69) is 4.98 Å². The summed E-state index contributed by atoms with van der Waals surface area (Å²) in [6.45, 7) is 0. The normalized spacial score (nSPS) is 17.1. The number of aromatic nitrogens is 2. The molecule has 1 aliphatic rings. The lowest BCUT2D eigenvalue weighted by Crippen LogP contribution is -2.41. The number of aromatic amines is 1. The van der Waals surface area contributed by atoms with Gasteiger partial charge in [0.15, 0.2) is 0 Å². The number of H-pyrrole nitrogens is 1. The second kappa shape index (κ2) is 4.75. The van der Waals surface area contributed by atoms with E-state index in [9.17, 15) is 9.59 Å². The second-order valence-electron chi connectivity index (χ2n) is 4.57. The van der Waals surface area contributed by atoms with Gasteiger partial charge in [-0.2, -0.15) is 0 Å². The number of anilines is 1. The average molecular weight is 238 g/mol. The van der Waals surface area contributed by atoms with Gasteiger partial charge >= 0.3 is 5.69 Å². The molecule has 1 saturated carbocycles. The molecule has 1 heterocycles. The number of hydrogen-bond donors (Lipinski definition) is 2. The number of rotatable bonds is 2. The summed E-state index contributed by atoms with van der Waals surface area (Å²) >= 11 is 0. The van der Waals surface area contributed by atoms with Crippen LogP contribution >= 0.6 is 0 Å². The third kappa shape index (κ3) is 2.41. The van der Waals surface area contributed by atoms with Crippen LogP contribution in [-0.4, -0.2) is 16.6 Å². The van der Waals surface area contributed by atoms with Gasteiger partial charge in [-0.1, -0.05) is 19.3 Å². The summed E-state index contributed by atoms with van der Waals surface area (Å²) in [5.41, 5.74) is -0.635. The molecule has 0 unspecified atom stereocenters. The minimum Gasteiger partial charge on any atom is -0.299 e. The van der Waals surface area contributed by atoms with E-state index in [1.807, 2.05) is 0 Å². The summed E-state index contributed by atoms with van der Waals surface area (Å²) in [5.74, 6) is 5.83. The Morgan fingerprint density at radius 3 is 2.53 bits per heavy atom. The van der Waals surface area contributed by atoms with Gasteiger partial charge in [0.25, 0.3) is 5.56 Å². The van der Waals surface area contributed by atoms with Crippen molar-refractivity contribution in [3.63, 3.8) is 0 Å². The molecule has 1 aromatic heterocycles. The maximum atomic E-state index is 11.9. The van der Waals surface area contributed by atoms with E-state index in [1.165, 1.54) is 22.1 Å². The molecule has 0 atom stereocenters. The van der Waals surface area contributed by atoms with Gasteiger partial charge < -0.3 is 0 Å². The summed E-state index contributed by atoms with van der Waals surface area (Å²) < 4.78 is 1.33. The molecule has 1 fully saturated rings. The molecule has 17 heavy (non-hydrogen) atoms. The van der Waals surface area contributed by atoms with E-state index in [0.29, 0.717) is 5.82 Å². The second-order valence-corrected chi connectivity index (χ2v) is 4.57. The summed E-state index contributed by atoms with van der Waals surface area (Å²) in [6.07, 6.45) is 5.15. The number of nitrogens with two attached hydrogens (primary N) is 1. The Bertz CT molecular complexity index is 466. The molecule has 1 aliphatic carbocycles. The minimum absolute atomic E-state index is 0.0390. The number of hydrogen-bond acceptors (Lipinski definition) is 4. The third-order valence-electron chi connectivity index (χ3n) is 3.27. The van der Waals surface area contributed by atoms with Crippen molar-refractivity contribution in [2.45, 2.75) is 38.1 Å². The molecular weight excluding hydrogens is 220 g/mol. The van der Waals surface area contributed by atoms with Crippen LogP contribution in [-0.2, 0) is 0 Å². The van der Waals surface area contributed by atoms with Gasteiger partial charge in [0.05, 0.1) is 0 Å². The van der Waals surface area contributed by atoms with Gasteiger partial charge in [-0.15, -0.1) is 0 Å². The molecule has 6 nitrogen and oxygen atoms in total. The predicted molar refractivity (Wildman–Crippen MR) is 66.0 cm³/mol. The Hall–Kier alpha value is -1.56. The van der Waals surface area contributed by atoms with Gasteiger partial charge in [-0.3, -0.25) is 19.4 Å². The fraction of sp³-hybridized carbons (Fsp3) is 0.636. The van der Waals surface area contributed by atoms with Crippen LogP contribution in [0, 0.1) is 0 Å². The zero-order valence-electron chi connectivity index (χ0n) is 9.98. The zero-order valence-corrected chi connectivity index (χ0v) is 9.98. The van der Waals surface area contributed by atoms with Crippen molar-refractivity contribution in [1.29, 1.82) is 0 Å². The molecular formula is C11H18N4O2. The quantitative estimate of drug-likeness (QED) is 0.575. The van der Waals surface area contributed by atoms with E-state index in [-0.39, 0.29) is 17.3 Å².